The molecule has 0 saturated carbocycles. The number of fused-ring (bicyclic) bond motifs is 2. The molecule has 0 bridgehead atoms. The first-order chi connectivity index (χ1) is 9.06. The molecule has 0 aliphatic carbocycles. The third-order valence-electron chi connectivity index (χ3n) is 2.83. The van der Waals surface area contributed by atoms with Crippen molar-refractivity contribution in [2.24, 2.45) is 0 Å². The first-order valence-electron chi connectivity index (χ1n) is 5.37. The first-order valence-corrected chi connectivity index (χ1v) is 5.37. The van der Waals surface area contributed by atoms with Gasteiger partial charge >= 0.3 is 0 Å². The fourth-order valence-corrected chi connectivity index (χ4v) is 1.93. The molecule has 0 spiro atoms. The van der Waals surface area contributed by atoms with Crippen LogP contribution < -0.4 is 5.43 Å². The summed E-state index contributed by atoms with van der Waals surface area (Å²) in [5, 5.41) is 11.0. The molecule has 0 atom stereocenters. The molecule has 0 aliphatic heterocycles. The highest BCUT2D eigenvalue weighted by molar-refractivity contribution is 5.90. The van der Waals surface area contributed by atoms with Crippen molar-refractivity contribution in [2.45, 2.75) is 0 Å². The number of hydrogen-bond donors (Lipinski definition) is 0. The molecule has 0 N–H and O–H groups in total. The van der Waals surface area contributed by atoms with Gasteiger partial charge in [0, 0.05) is 6.07 Å². The van der Waals surface area contributed by atoms with Crippen LogP contribution in [0.25, 0.3) is 21.9 Å². The van der Waals surface area contributed by atoms with Gasteiger partial charge < -0.3 is 4.42 Å². The monoisotopic (exact) mass is 259 g/mol. The van der Waals surface area contributed by atoms with E-state index in [9.17, 15) is 19.3 Å². The molecule has 3 rings (SSSR count). The molecule has 1 heterocycles. The smallest absolute Gasteiger partial charge is 0.273 e. The van der Waals surface area contributed by atoms with Crippen molar-refractivity contribution >= 4 is 27.6 Å². The average molecular weight is 259 g/mol. The second-order valence-electron chi connectivity index (χ2n) is 4.01. The highest BCUT2D eigenvalue weighted by Crippen LogP contribution is 2.23. The van der Waals surface area contributed by atoms with Gasteiger partial charge in [-0.3, -0.25) is 14.9 Å². The van der Waals surface area contributed by atoms with Crippen LogP contribution in [0.2, 0.25) is 0 Å². The lowest BCUT2D eigenvalue weighted by Crippen LogP contribution is -2.02. The Bertz CT molecular complexity index is 885. The summed E-state index contributed by atoms with van der Waals surface area (Å²) >= 11 is 0. The minimum atomic E-state index is -0.575. The number of rotatable bonds is 1. The molecule has 6 heteroatoms. The third-order valence-corrected chi connectivity index (χ3v) is 2.83. The molecule has 0 fully saturated rings. The maximum atomic E-state index is 13.1. The van der Waals surface area contributed by atoms with Gasteiger partial charge in [0.15, 0.2) is 0 Å². The maximum absolute atomic E-state index is 13.1. The highest BCUT2D eigenvalue weighted by Gasteiger charge is 2.12. The first kappa shape index (κ1) is 11.3. The van der Waals surface area contributed by atoms with E-state index in [4.69, 9.17) is 4.42 Å². The van der Waals surface area contributed by atoms with Gasteiger partial charge in [-0.25, -0.2) is 4.39 Å². The number of nitro benzene ring substituents is 1. The van der Waals surface area contributed by atoms with E-state index in [0.717, 1.165) is 12.1 Å². The number of nitrogens with zero attached hydrogens (tertiary/aromatic N) is 1. The fraction of sp³-hybridized carbons (Fsp3) is 0. The molecule has 0 saturated heterocycles. The second-order valence-corrected chi connectivity index (χ2v) is 4.01. The number of hydrogen-bond acceptors (Lipinski definition) is 4. The van der Waals surface area contributed by atoms with E-state index in [2.05, 4.69) is 0 Å². The molecule has 0 radical (unpaired) electrons. The predicted molar refractivity (Wildman–Crippen MR) is 66.6 cm³/mol. The second kappa shape index (κ2) is 3.88. The van der Waals surface area contributed by atoms with E-state index in [0.29, 0.717) is 0 Å². The topological polar surface area (TPSA) is 73.3 Å². The van der Waals surface area contributed by atoms with Gasteiger partial charge in [0.1, 0.15) is 17.0 Å². The van der Waals surface area contributed by atoms with E-state index in [-0.39, 0.29) is 27.6 Å². The Morgan fingerprint density at radius 1 is 1.05 bits per heavy atom. The summed E-state index contributed by atoms with van der Waals surface area (Å²) in [6.07, 6.45) is 0. The van der Waals surface area contributed by atoms with E-state index in [1.165, 1.54) is 24.3 Å². The maximum Gasteiger partial charge on any atom is 0.273 e. The Morgan fingerprint density at radius 3 is 2.58 bits per heavy atom. The van der Waals surface area contributed by atoms with Crippen LogP contribution in [-0.2, 0) is 0 Å². The standard InChI is InChI=1S/C13H6FNO4/c14-7-1-4-11-10(5-7)13(16)9-3-2-8(15(17)18)6-12(9)19-11/h1-6H. The van der Waals surface area contributed by atoms with Crippen LogP contribution in [0, 0.1) is 15.9 Å². The van der Waals surface area contributed by atoms with E-state index < -0.39 is 16.2 Å². The SMILES string of the molecule is O=c1c2ccc([N+](=O)[O-])cc2oc2ccc(F)cc12. The van der Waals surface area contributed by atoms with Gasteiger partial charge in [-0.1, -0.05) is 0 Å². The molecule has 1 aromatic heterocycles. The number of nitro groups is 1. The molecular weight excluding hydrogens is 253 g/mol. The van der Waals surface area contributed by atoms with Gasteiger partial charge in [0.25, 0.3) is 5.69 Å². The van der Waals surface area contributed by atoms with Crippen molar-refractivity contribution < 1.29 is 13.7 Å². The van der Waals surface area contributed by atoms with Crippen molar-refractivity contribution in [3.8, 4) is 0 Å². The number of benzene rings is 2. The molecule has 2 aromatic carbocycles. The molecule has 19 heavy (non-hydrogen) atoms. The molecule has 0 amide bonds. The Morgan fingerprint density at radius 2 is 1.84 bits per heavy atom. The lowest BCUT2D eigenvalue weighted by atomic mass is 10.1. The molecule has 0 aliphatic rings. The Hall–Kier alpha value is -2.76. The zero-order valence-electron chi connectivity index (χ0n) is 9.42. The van der Waals surface area contributed by atoms with Gasteiger partial charge in [-0.15, -0.1) is 0 Å². The molecule has 5 nitrogen and oxygen atoms in total. The number of halogens is 1. The van der Waals surface area contributed by atoms with Crippen LogP contribution >= 0.6 is 0 Å². The normalized spacial score (nSPS) is 11.0. The lowest BCUT2D eigenvalue weighted by Gasteiger charge is -2.01. The largest absolute Gasteiger partial charge is 0.456 e. The predicted octanol–water partition coefficient (Wildman–Crippen LogP) is 2.99. The minimum absolute atomic E-state index is 0.110. The van der Waals surface area contributed by atoms with Crippen LogP contribution in [0.5, 0.6) is 0 Å². The quantitative estimate of drug-likeness (QED) is 0.382. The summed E-state index contributed by atoms with van der Waals surface area (Å²) < 4.78 is 18.5. The van der Waals surface area contributed by atoms with Crippen molar-refractivity contribution in [3.05, 3.63) is 62.6 Å². The van der Waals surface area contributed by atoms with E-state index in [1.54, 1.807) is 0 Å². The Balaban J connectivity index is 2.46. The zero-order chi connectivity index (χ0) is 13.6. The average Bonchev–Trinajstić information content (AvgIpc) is 2.39. The van der Waals surface area contributed by atoms with Gasteiger partial charge in [-0.05, 0) is 24.3 Å². The van der Waals surface area contributed by atoms with Gasteiger partial charge in [0.05, 0.1) is 21.8 Å². The molecule has 3 aromatic rings. The van der Waals surface area contributed by atoms with Crippen LogP contribution in [0.1, 0.15) is 0 Å². The Labute approximate surface area is 105 Å². The van der Waals surface area contributed by atoms with Crippen molar-refractivity contribution in [3.63, 3.8) is 0 Å². The number of non-ortho nitro benzene ring substituents is 1. The van der Waals surface area contributed by atoms with Crippen molar-refractivity contribution in [2.75, 3.05) is 0 Å². The Kier molecular flexibility index (Phi) is 2.31. The summed E-state index contributed by atoms with van der Waals surface area (Å²) in [5.41, 5.74) is -0.277. The molecule has 94 valence electrons. The van der Waals surface area contributed by atoms with Crippen LogP contribution in [0.3, 0.4) is 0 Å². The summed E-state index contributed by atoms with van der Waals surface area (Å²) in [4.78, 5) is 22.2. The van der Waals surface area contributed by atoms with Crippen molar-refractivity contribution in [1.29, 1.82) is 0 Å². The van der Waals surface area contributed by atoms with Crippen molar-refractivity contribution in [1.82, 2.24) is 0 Å². The third kappa shape index (κ3) is 1.74. The van der Waals surface area contributed by atoms with E-state index in [1.807, 2.05) is 0 Å². The summed E-state index contributed by atoms with van der Waals surface area (Å²) in [7, 11) is 0. The van der Waals surface area contributed by atoms with Gasteiger partial charge in [0.2, 0.25) is 5.43 Å². The van der Waals surface area contributed by atoms with Crippen LogP contribution in [0.15, 0.2) is 45.6 Å². The van der Waals surface area contributed by atoms with E-state index >= 15 is 0 Å². The van der Waals surface area contributed by atoms with Crippen LogP contribution in [0.4, 0.5) is 10.1 Å². The summed E-state index contributed by atoms with van der Waals surface area (Å²) in [5.74, 6) is -0.541. The van der Waals surface area contributed by atoms with Gasteiger partial charge in [-0.2, -0.15) is 0 Å². The minimum Gasteiger partial charge on any atom is -0.456 e. The fourth-order valence-electron chi connectivity index (χ4n) is 1.93. The summed E-state index contributed by atoms with van der Waals surface area (Å²) in [6.45, 7) is 0. The molecular formula is C13H6FNO4. The zero-order valence-corrected chi connectivity index (χ0v) is 9.42. The summed E-state index contributed by atoms with van der Waals surface area (Å²) in [6, 6.07) is 7.27. The van der Waals surface area contributed by atoms with Crippen LogP contribution in [-0.4, -0.2) is 4.92 Å². The highest BCUT2D eigenvalue weighted by atomic mass is 19.1. The lowest BCUT2D eigenvalue weighted by molar-refractivity contribution is -0.384. The molecule has 0 unspecified atom stereocenters.